The highest BCUT2D eigenvalue weighted by Crippen LogP contribution is 2.15. The summed E-state index contributed by atoms with van der Waals surface area (Å²) >= 11 is 0. The summed E-state index contributed by atoms with van der Waals surface area (Å²) in [5, 5.41) is 16.2. The molecule has 0 aliphatic rings. The molecule has 0 saturated heterocycles. The highest BCUT2D eigenvalue weighted by molar-refractivity contribution is 5.82. The number of aromatic hydroxyl groups is 1. The van der Waals surface area contributed by atoms with E-state index >= 15 is 0 Å². The zero-order valence-corrected chi connectivity index (χ0v) is 10.6. The Bertz CT molecular complexity index is 580. The van der Waals surface area contributed by atoms with Crippen LogP contribution in [0.3, 0.4) is 0 Å². The Labute approximate surface area is 110 Å². The Morgan fingerprint density at radius 1 is 1.53 bits per heavy atom. The third kappa shape index (κ3) is 3.11. The number of aryl methyl sites for hydroxylation is 1. The predicted molar refractivity (Wildman–Crippen MR) is 70.1 cm³/mol. The lowest BCUT2D eigenvalue weighted by Gasteiger charge is -2.11. The van der Waals surface area contributed by atoms with Crippen LogP contribution in [0.15, 0.2) is 36.7 Å². The van der Waals surface area contributed by atoms with E-state index in [1.807, 2.05) is 0 Å². The highest BCUT2D eigenvalue weighted by Gasteiger charge is 2.17. The van der Waals surface area contributed by atoms with Crippen molar-refractivity contribution in [3.8, 4) is 5.75 Å². The summed E-state index contributed by atoms with van der Waals surface area (Å²) < 4.78 is 1.59. The van der Waals surface area contributed by atoms with E-state index in [-0.39, 0.29) is 18.2 Å². The molecule has 0 radical (unpaired) electrons. The van der Waals surface area contributed by atoms with Crippen LogP contribution in [0.2, 0.25) is 0 Å². The van der Waals surface area contributed by atoms with Gasteiger partial charge in [0.1, 0.15) is 11.8 Å². The van der Waals surface area contributed by atoms with Gasteiger partial charge in [-0.15, -0.1) is 0 Å². The maximum absolute atomic E-state index is 11.9. The number of nitrogens with two attached hydrogens (primary N) is 1. The summed E-state index contributed by atoms with van der Waals surface area (Å²) in [6.45, 7) is 0.236. The zero-order valence-electron chi connectivity index (χ0n) is 10.6. The van der Waals surface area contributed by atoms with Gasteiger partial charge in [0.25, 0.3) is 0 Å². The van der Waals surface area contributed by atoms with Crippen molar-refractivity contribution < 1.29 is 9.90 Å². The van der Waals surface area contributed by atoms with E-state index in [0.717, 1.165) is 0 Å². The Balaban J connectivity index is 1.96. The molecule has 1 amide bonds. The second kappa shape index (κ2) is 5.53. The van der Waals surface area contributed by atoms with Crippen molar-refractivity contribution in [2.45, 2.75) is 12.6 Å². The molecule has 1 aromatic carbocycles. The van der Waals surface area contributed by atoms with Crippen molar-refractivity contribution in [2.75, 3.05) is 0 Å². The SMILES string of the molecule is Cn1cc(C(N)C(=O)NCc2ccccc2O)cn1. The van der Waals surface area contributed by atoms with Gasteiger partial charge in [-0.05, 0) is 6.07 Å². The molecular weight excluding hydrogens is 244 g/mol. The van der Waals surface area contributed by atoms with Crippen molar-refractivity contribution >= 4 is 5.91 Å². The number of rotatable bonds is 4. The minimum absolute atomic E-state index is 0.151. The Hall–Kier alpha value is -2.34. The number of hydrogen-bond acceptors (Lipinski definition) is 4. The van der Waals surface area contributed by atoms with Gasteiger partial charge >= 0.3 is 0 Å². The van der Waals surface area contributed by atoms with Crippen LogP contribution in [0.5, 0.6) is 5.75 Å². The first-order chi connectivity index (χ1) is 9.08. The summed E-state index contributed by atoms with van der Waals surface area (Å²) in [5.74, 6) is -0.158. The molecule has 0 saturated carbocycles. The number of phenols is 1. The number of para-hydroxylation sites is 1. The quantitative estimate of drug-likeness (QED) is 0.743. The Morgan fingerprint density at radius 2 is 2.26 bits per heavy atom. The molecule has 1 unspecified atom stereocenters. The van der Waals surface area contributed by atoms with E-state index < -0.39 is 6.04 Å². The molecule has 19 heavy (non-hydrogen) atoms. The highest BCUT2D eigenvalue weighted by atomic mass is 16.3. The van der Waals surface area contributed by atoms with Gasteiger partial charge in [-0.25, -0.2) is 0 Å². The molecule has 0 fully saturated rings. The molecule has 1 aromatic heterocycles. The van der Waals surface area contributed by atoms with Crippen molar-refractivity contribution in [1.82, 2.24) is 15.1 Å². The van der Waals surface area contributed by atoms with Gasteiger partial charge in [0.2, 0.25) is 5.91 Å². The number of nitrogens with one attached hydrogen (secondary N) is 1. The second-order valence-electron chi connectivity index (χ2n) is 4.27. The lowest BCUT2D eigenvalue weighted by Crippen LogP contribution is -2.33. The number of carbonyl (C=O) groups excluding carboxylic acids is 1. The molecule has 0 aliphatic carbocycles. The molecule has 100 valence electrons. The predicted octanol–water partition coefficient (Wildman–Crippen LogP) is 0.442. The number of amides is 1. The van der Waals surface area contributed by atoms with Crippen molar-refractivity contribution in [3.63, 3.8) is 0 Å². The zero-order chi connectivity index (χ0) is 13.8. The minimum Gasteiger partial charge on any atom is -0.508 e. The van der Waals surface area contributed by atoms with E-state index in [2.05, 4.69) is 10.4 Å². The first-order valence-corrected chi connectivity index (χ1v) is 5.86. The number of aromatic nitrogens is 2. The maximum atomic E-state index is 11.9. The van der Waals surface area contributed by atoms with Gasteiger partial charge in [0.05, 0.1) is 6.20 Å². The van der Waals surface area contributed by atoms with Gasteiger partial charge in [-0.3, -0.25) is 9.48 Å². The molecule has 0 aliphatic heterocycles. The number of benzene rings is 1. The summed E-state index contributed by atoms with van der Waals surface area (Å²) in [6, 6.07) is 6.07. The topological polar surface area (TPSA) is 93.2 Å². The minimum atomic E-state index is -0.764. The third-order valence-corrected chi connectivity index (χ3v) is 2.81. The molecule has 6 heteroatoms. The standard InChI is InChI=1S/C13H16N4O2/c1-17-8-10(7-16-17)12(14)13(19)15-6-9-4-2-3-5-11(9)18/h2-5,7-8,12,18H,6,14H2,1H3,(H,15,19). The van der Waals surface area contributed by atoms with Gasteiger partial charge in [-0.2, -0.15) is 5.10 Å². The number of carbonyl (C=O) groups is 1. The molecule has 4 N–H and O–H groups in total. The average molecular weight is 260 g/mol. The summed E-state index contributed by atoms with van der Waals surface area (Å²) in [5.41, 5.74) is 7.12. The molecule has 0 spiro atoms. The maximum Gasteiger partial charge on any atom is 0.241 e. The van der Waals surface area contributed by atoms with Crippen LogP contribution in [0, 0.1) is 0 Å². The molecule has 6 nitrogen and oxygen atoms in total. The lowest BCUT2D eigenvalue weighted by molar-refractivity contribution is -0.122. The van der Waals surface area contributed by atoms with Crippen LogP contribution in [0.1, 0.15) is 17.2 Å². The van der Waals surface area contributed by atoms with Gasteiger partial charge < -0.3 is 16.2 Å². The Kier molecular flexibility index (Phi) is 3.82. The van der Waals surface area contributed by atoms with E-state index in [9.17, 15) is 9.90 Å². The van der Waals surface area contributed by atoms with Crippen LogP contribution in [-0.2, 0) is 18.4 Å². The molecular formula is C13H16N4O2. The van der Waals surface area contributed by atoms with Crippen LogP contribution in [0.25, 0.3) is 0 Å². The fraction of sp³-hybridized carbons (Fsp3) is 0.231. The van der Waals surface area contributed by atoms with Crippen LogP contribution < -0.4 is 11.1 Å². The number of phenolic OH excluding ortho intramolecular Hbond substituents is 1. The normalized spacial score (nSPS) is 12.1. The van der Waals surface area contributed by atoms with E-state index in [4.69, 9.17) is 5.73 Å². The van der Waals surface area contributed by atoms with Crippen LogP contribution in [0.4, 0.5) is 0 Å². The van der Waals surface area contributed by atoms with Crippen molar-refractivity contribution in [3.05, 3.63) is 47.8 Å². The molecule has 1 heterocycles. The fourth-order valence-corrected chi connectivity index (χ4v) is 1.70. The van der Waals surface area contributed by atoms with Crippen molar-refractivity contribution in [1.29, 1.82) is 0 Å². The molecule has 1 atom stereocenters. The largest absolute Gasteiger partial charge is 0.508 e. The smallest absolute Gasteiger partial charge is 0.241 e. The summed E-state index contributed by atoms with van der Waals surface area (Å²) in [7, 11) is 1.76. The van der Waals surface area contributed by atoms with Crippen LogP contribution >= 0.6 is 0 Å². The summed E-state index contributed by atoms with van der Waals surface area (Å²) in [6.07, 6.45) is 3.26. The second-order valence-corrected chi connectivity index (χ2v) is 4.27. The molecule has 0 bridgehead atoms. The first kappa shape index (κ1) is 13.1. The lowest BCUT2D eigenvalue weighted by atomic mass is 10.1. The summed E-state index contributed by atoms with van der Waals surface area (Å²) in [4.78, 5) is 11.9. The van der Waals surface area contributed by atoms with Crippen LogP contribution in [-0.4, -0.2) is 20.8 Å². The van der Waals surface area contributed by atoms with Gasteiger partial charge in [0.15, 0.2) is 0 Å². The number of nitrogens with zero attached hydrogens (tertiary/aromatic N) is 2. The third-order valence-electron chi connectivity index (χ3n) is 2.81. The monoisotopic (exact) mass is 260 g/mol. The average Bonchev–Trinajstić information content (AvgIpc) is 2.83. The van der Waals surface area contributed by atoms with Gasteiger partial charge in [-0.1, -0.05) is 18.2 Å². The fourth-order valence-electron chi connectivity index (χ4n) is 1.70. The number of hydrogen-bond donors (Lipinski definition) is 3. The van der Waals surface area contributed by atoms with E-state index in [1.165, 1.54) is 0 Å². The first-order valence-electron chi connectivity index (χ1n) is 5.86. The molecule has 2 aromatic rings. The van der Waals surface area contributed by atoms with Crippen molar-refractivity contribution in [2.24, 2.45) is 12.8 Å². The van der Waals surface area contributed by atoms with E-state index in [0.29, 0.717) is 11.1 Å². The van der Waals surface area contributed by atoms with Gasteiger partial charge in [0, 0.05) is 30.9 Å². The van der Waals surface area contributed by atoms with E-state index in [1.54, 1.807) is 48.4 Å². The molecule has 2 rings (SSSR count). The Morgan fingerprint density at radius 3 is 2.89 bits per heavy atom.